The van der Waals surface area contributed by atoms with Crippen LogP contribution in [-0.2, 0) is 0 Å². The molecule has 2 N–H and O–H groups in total. The van der Waals surface area contributed by atoms with Gasteiger partial charge in [0, 0.05) is 56.5 Å². The van der Waals surface area contributed by atoms with Gasteiger partial charge in [0.05, 0.1) is 0 Å². The topological polar surface area (TPSA) is 76.6 Å². The quantitative estimate of drug-likeness (QED) is 0.718. The van der Waals surface area contributed by atoms with E-state index in [-0.39, 0.29) is 11.6 Å². The Bertz CT molecular complexity index is 764. The Kier molecular flexibility index (Phi) is 7.94. The molecule has 33 heavy (non-hydrogen) atoms. The highest BCUT2D eigenvalue weighted by Crippen LogP contribution is 2.24. The molecule has 4 heterocycles. The number of rotatable bonds is 4. The van der Waals surface area contributed by atoms with Crippen molar-refractivity contribution in [2.24, 2.45) is 0 Å². The molecule has 0 bridgehead atoms. The smallest absolute Gasteiger partial charge is 0.317 e. The van der Waals surface area contributed by atoms with E-state index in [2.05, 4.69) is 25.4 Å². The summed E-state index contributed by atoms with van der Waals surface area (Å²) in [5, 5.41) is 6.73. The van der Waals surface area contributed by atoms with Crippen LogP contribution in [0.4, 0.5) is 16.6 Å². The number of likely N-dealkylation sites (tertiary alicyclic amines) is 2. The molecule has 0 radical (unpaired) electrons. The van der Waals surface area contributed by atoms with E-state index >= 15 is 0 Å². The summed E-state index contributed by atoms with van der Waals surface area (Å²) in [7, 11) is 0. The van der Waals surface area contributed by atoms with E-state index < -0.39 is 0 Å². The van der Waals surface area contributed by atoms with Crippen molar-refractivity contribution in [2.45, 2.75) is 89.8 Å². The Hall–Kier alpha value is -2.09. The molecule has 1 aromatic rings. The van der Waals surface area contributed by atoms with Crippen molar-refractivity contribution >= 4 is 17.8 Å². The number of nitrogens with one attached hydrogen (secondary N) is 2. The van der Waals surface area contributed by atoms with Crippen LogP contribution in [0, 0.1) is 0 Å². The normalized spacial score (nSPS) is 23.8. The number of hydrogen-bond donors (Lipinski definition) is 2. The van der Waals surface area contributed by atoms with Crippen LogP contribution in [0.3, 0.4) is 0 Å². The zero-order valence-electron chi connectivity index (χ0n) is 20.9. The maximum Gasteiger partial charge on any atom is 0.317 e. The molecule has 1 aromatic heterocycles. The summed E-state index contributed by atoms with van der Waals surface area (Å²) < 4.78 is 0. The Morgan fingerprint density at radius 2 is 1.70 bits per heavy atom. The van der Waals surface area contributed by atoms with Gasteiger partial charge in [-0.05, 0) is 71.9 Å². The maximum absolute atomic E-state index is 12.5. The molecule has 8 nitrogen and oxygen atoms in total. The van der Waals surface area contributed by atoms with Crippen LogP contribution in [0.15, 0.2) is 12.3 Å². The molecule has 0 spiro atoms. The van der Waals surface area contributed by atoms with E-state index in [4.69, 9.17) is 4.98 Å². The fourth-order valence-corrected chi connectivity index (χ4v) is 5.37. The van der Waals surface area contributed by atoms with Gasteiger partial charge >= 0.3 is 6.03 Å². The molecular formula is C25H43N7O. The lowest BCUT2D eigenvalue weighted by molar-refractivity contribution is 0.0952. The summed E-state index contributed by atoms with van der Waals surface area (Å²) in [6.45, 7) is 12.1. The second-order valence-corrected chi connectivity index (χ2v) is 11.0. The van der Waals surface area contributed by atoms with E-state index in [9.17, 15) is 4.79 Å². The van der Waals surface area contributed by atoms with Gasteiger partial charge in [-0.2, -0.15) is 4.98 Å². The summed E-state index contributed by atoms with van der Waals surface area (Å²) in [6.07, 6.45) is 11.5. The number of carbonyl (C=O) groups is 1. The first-order valence-corrected chi connectivity index (χ1v) is 13.0. The number of piperidine rings is 2. The summed E-state index contributed by atoms with van der Waals surface area (Å²) in [5.41, 5.74) is -0.188. The molecule has 1 atom stereocenters. The molecule has 3 aliphatic rings. The minimum Gasteiger partial charge on any atom is -0.356 e. The Morgan fingerprint density at radius 3 is 2.39 bits per heavy atom. The fraction of sp³-hybridized carbons (Fsp3) is 0.800. The van der Waals surface area contributed by atoms with Gasteiger partial charge in [-0.3, -0.25) is 4.90 Å². The summed E-state index contributed by atoms with van der Waals surface area (Å²) in [5.74, 6) is 1.82. The Labute approximate surface area is 199 Å². The first kappa shape index (κ1) is 24.0. The number of hydrogen-bond acceptors (Lipinski definition) is 6. The summed E-state index contributed by atoms with van der Waals surface area (Å²) in [6, 6.07) is 3.05. The van der Waals surface area contributed by atoms with Gasteiger partial charge in [0.15, 0.2) is 0 Å². The lowest BCUT2D eigenvalue weighted by atomic mass is 9.98. The highest BCUT2D eigenvalue weighted by molar-refractivity contribution is 5.75. The van der Waals surface area contributed by atoms with Gasteiger partial charge in [0.25, 0.3) is 0 Å². The molecule has 3 saturated heterocycles. The standard InChI is InChI=1S/C25H43N7O/c1-25(2,3)29-24(33)31-17-11-21(12-18-31)32-16-8-9-20(19-32)27-23-26-13-10-22(28-23)30-14-6-4-5-7-15-30/h10,13,20-21H,4-9,11-12,14-19H2,1-3H3,(H,29,33)(H,26,27,28). The number of carbonyl (C=O) groups excluding carboxylic acids is 1. The van der Waals surface area contributed by atoms with Crippen LogP contribution in [0.25, 0.3) is 0 Å². The largest absolute Gasteiger partial charge is 0.356 e. The highest BCUT2D eigenvalue weighted by Gasteiger charge is 2.31. The summed E-state index contributed by atoms with van der Waals surface area (Å²) in [4.78, 5) is 28.9. The number of aromatic nitrogens is 2. The van der Waals surface area contributed by atoms with Crippen molar-refractivity contribution in [1.82, 2.24) is 25.1 Å². The second kappa shape index (κ2) is 10.9. The van der Waals surface area contributed by atoms with Gasteiger partial charge in [0.1, 0.15) is 5.82 Å². The minimum absolute atomic E-state index is 0.0700. The van der Waals surface area contributed by atoms with Crippen LogP contribution in [0.5, 0.6) is 0 Å². The minimum atomic E-state index is -0.188. The zero-order valence-corrected chi connectivity index (χ0v) is 20.9. The number of nitrogens with zero attached hydrogens (tertiary/aromatic N) is 5. The monoisotopic (exact) mass is 457 g/mol. The van der Waals surface area contributed by atoms with E-state index in [0.29, 0.717) is 12.1 Å². The van der Waals surface area contributed by atoms with Crippen molar-refractivity contribution in [2.75, 3.05) is 49.5 Å². The molecule has 0 saturated carbocycles. The first-order chi connectivity index (χ1) is 15.9. The van der Waals surface area contributed by atoms with Gasteiger partial charge < -0.3 is 20.4 Å². The third-order valence-electron chi connectivity index (χ3n) is 7.11. The molecular weight excluding hydrogens is 414 g/mol. The predicted molar refractivity (Wildman–Crippen MR) is 134 cm³/mol. The van der Waals surface area contributed by atoms with Gasteiger partial charge in [0.2, 0.25) is 5.95 Å². The van der Waals surface area contributed by atoms with Crippen LogP contribution < -0.4 is 15.5 Å². The second-order valence-electron chi connectivity index (χ2n) is 11.0. The molecule has 0 aliphatic carbocycles. The summed E-state index contributed by atoms with van der Waals surface area (Å²) >= 11 is 0. The average molecular weight is 458 g/mol. The van der Waals surface area contributed by atoms with E-state index in [1.807, 2.05) is 37.9 Å². The van der Waals surface area contributed by atoms with E-state index in [0.717, 1.165) is 70.3 Å². The SMILES string of the molecule is CC(C)(C)NC(=O)N1CCC(N2CCCC(Nc3nccc(N4CCCCCC4)n3)C2)CC1. The molecule has 3 fully saturated rings. The lowest BCUT2D eigenvalue weighted by Gasteiger charge is -2.42. The molecule has 3 aliphatic heterocycles. The van der Waals surface area contributed by atoms with Crippen molar-refractivity contribution in [3.8, 4) is 0 Å². The molecule has 0 aromatic carbocycles. The van der Waals surface area contributed by atoms with Gasteiger partial charge in [-0.1, -0.05) is 12.8 Å². The molecule has 4 rings (SSSR count). The van der Waals surface area contributed by atoms with Crippen molar-refractivity contribution in [1.29, 1.82) is 0 Å². The molecule has 8 heteroatoms. The third-order valence-corrected chi connectivity index (χ3v) is 7.11. The van der Waals surface area contributed by atoms with Crippen LogP contribution in [-0.4, -0.2) is 82.7 Å². The van der Waals surface area contributed by atoms with Gasteiger partial charge in [-0.15, -0.1) is 0 Å². The van der Waals surface area contributed by atoms with Crippen molar-refractivity contribution in [3.63, 3.8) is 0 Å². The maximum atomic E-state index is 12.5. The number of anilines is 2. The fourth-order valence-electron chi connectivity index (χ4n) is 5.37. The molecule has 184 valence electrons. The molecule has 2 amide bonds. The number of amides is 2. The predicted octanol–water partition coefficient (Wildman–Crippen LogP) is 3.71. The zero-order chi connectivity index (χ0) is 23.3. The van der Waals surface area contributed by atoms with Crippen molar-refractivity contribution in [3.05, 3.63) is 12.3 Å². The first-order valence-electron chi connectivity index (χ1n) is 13.0. The van der Waals surface area contributed by atoms with Gasteiger partial charge in [-0.25, -0.2) is 9.78 Å². The van der Waals surface area contributed by atoms with Crippen LogP contribution in [0.1, 0.15) is 72.1 Å². The lowest BCUT2D eigenvalue weighted by Crippen LogP contribution is -2.55. The van der Waals surface area contributed by atoms with E-state index in [1.54, 1.807) is 0 Å². The molecule has 1 unspecified atom stereocenters. The van der Waals surface area contributed by atoms with Crippen LogP contribution in [0.2, 0.25) is 0 Å². The Balaban J connectivity index is 1.28. The van der Waals surface area contributed by atoms with E-state index in [1.165, 1.54) is 32.1 Å². The average Bonchev–Trinajstić information content (AvgIpc) is 3.08. The number of urea groups is 1. The Morgan fingerprint density at radius 1 is 0.970 bits per heavy atom. The van der Waals surface area contributed by atoms with Crippen LogP contribution >= 0.6 is 0 Å². The van der Waals surface area contributed by atoms with Crippen molar-refractivity contribution < 1.29 is 4.79 Å². The third kappa shape index (κ3) is 6.95. The highest BCUT2D eigenvalue weighted by atomic mass is 16.2.